The number of nitrogens with one attached hydrogen (secondary N) is 1. The quantitative estimate of drug-likeness (QED) is 0.752. The van der Waals surface area contributed by atoms with Gasteiger partial charge < -0.3 is 16.0 Å². The molecule has 3 N–H and O–H groups in total. The van der Waals surface area contributed by atoms with E-state index in [4.69, 9.17) is 11.0 Å². The number of amides is 1. The van der Waals surface area contributed by atoms with Crippen molar-refractivity contribution >= 4 is 17.4 Å². The minimum Gasteiger partial charge on any atom is -0.396 e. The summed E-state index contributed by atoms with van der Waals surface area (Å²) in [6, 6.07) is 5.66. The number of carbonyl (C=O) groups is 1. The highest BCUT2D eigenvalue weighted by atomic mass is 16.2. The van der Waals surface area contributed by atoms with Crippen LogP contribution in [-0.2, 0) is 4.79 Å². The molecule has 1 aromatic rings. The fraction of sp³-hybridized carbons (Fsp3) is 0.462. The molecule has 1 amide bonds. The van der Waals surface area contributed by atoms with E-state index in [-0.39, 0.29) is 23.6 Å². The lowest BCUT2D eigenvalue weighted by molar-refractivity contribution is -0.122. The number of carbonyl (C=O) groups excluding carboxylic acids is 1. The van der Waals surface area contributed by atoms with Gasteiger partial charge >= 0.3 is 0 Å². The molecule has 0 bridgehead atoms. The van der Waals surface area contributed by atoms with Crippen molar-refractivity contribution in [2.45, 2.75) is 18.9 Å². The monoisotopic (exact) mass is 257 g/mol. The normalized spacial score (nSPS) is 25.6. The van der Waals surface area contributed by atoms with Gasteiger partial charge in [-0.2, -0.15) is 5.26 Å². The van der Waals surface area contributed by atoms with Crippen LogP contribution in [-0.4, -0.2) is 30.0 Å². The summed E-state index contributed by atoms with van der Waals surface area (Å²) < 4.78 is 0. The molecule has 2 fully saturated rings. The third-order valence-corrected chi connectivity index (χ3v) is 3.91. The van der Waals surface area contributed by atoms with E-state index in [9.17, 15) is 4.79 Å². The predicted octanol–water partition coefficient (Wildman–Crippen LogP) is 0.250. The Morgan fingerprint density at radius 1 is 1.53 bits per heavy atom. The lowest BCUT2D eigenvalue weighted by Gasteiger charge is -2.36. The van der Waals surface area contributed by atoms with Gasteiger partial charge in [-0.1, -0.05) is 0 Å². The fourth-order valence-electron chi connectivity index (χ4n) is 2.95. The molecule has 0 radical (unpaired) electrons. The summed E-state index contributed by atoms with van der Waals surface area (Å²) in [7, 11) is 0. The molecule has 2 unspecified atom stereocenters. The minimum atomic E-state index is 0.0404. The van der Waals surface area contributed by atoms with Crippen molar-refractivity contribution in [1.29, 1.82) is 5.26 Å². The summed E-state index contributed by atoms with van der Waals surface area (Å²) in [5, 5.41) is 11.9. The van der Waals surface area contributed by atoms with Crippen molar-refractivity contribution in [3.8, 4) is 6.07 Å². The number of hydrogen-bond acceptors (Lipinski definition) is 5. The summed E-state index contributed by atoms with van der Waals surface area (Å²) in [6.45, 7) is 1.51. The third kappa shape index (κ3) is 1.87. The van der Waals surface area contributed by atoms with E-state index >= 15 is 0 Å². The number of nitrogen functional groups attached to an aromatic ring is 1. The van der Waals surface area contributed by atoms with Gasteiger partial charge in [0.05, 0.1) is 17.6 Å². The summed E-state index contributed by atoms with van der Waals surface area (Å²) >= 11 is 0. The van der Waals surface area contributed by atoms with Crippen molar-refractivity contribution in [3.05, 3.63) is 17.8 Å². The van der Waals surface area contributed by atoms with Gasteiger partial charge in [0.1, 0.15) is 11.9 Å². The van der Waals surface area contributed by atoms with Gasteiger partial charge in [0.15, 0.2) is 5.69 Å². The molecule has 0 saturated carbocycles. The SMILES string of the molecule is N#Cc1nc(N2CCCC3C(=O)NCC32)ccc1N. The molecule has 0 spiro atoms. The Morgan fingerprint density at radius 2 is 2.37 bits per heavy atom. The highest BCUT2D eigenvalue weighted by molar-refractivity contribution is 5.83. The topological polar surface area (TPSA) is 95.0 Å². The van der Waals surface area contributed by atoms with Crippen molar-refractivity contribution in [2.75, 3.05) is 23.7 Å². The highest BCUT2D eigenvalue weighted by Crippen LogP contribution is 2.31. The zero-order chi connectivity index (χ0) is 13.4. The third-order valence-electron chi connectivity index (χ3n) is 3.91. The summed E-state index contributed by atoms with van der Waals surface area (Å²) in [5.74, 6) is 0.904. The molecule has 3 heterocycles. The van der Waals surface area contributed by atoms with Gasteiger partial charge in [-0.15, -0.1) is 0 Å². The van der Waals surface area contributed by atoms with Crippen LogP contribution in [0.15, 0.2) is 12.1 Å². The average Bonchev–Trinajstić information content (AvgIpc) is 2.81. The van der Waals surface area contributed by atoms with Crippen molar-refractivity contribution in [1.82, 2.24) is 10.3 Å². The van der Waals surface area contributed by atoms with Crippen molar-refractivity contribution in [2.24, 2.45) is 5.92 Å². The van der Waals surface area contributed by atoms with Crippen LogP contribution in [0, 0.1) is 17.2 Å². The number of nitrogens with two attached hydrogens (primary N) is 1. The molecule has 6 nitrogen and oxygen atoms in total. The molecule has 3 rings (SSSR count). The molecule has 0 aliphatic carbocycles. The Morgan fingerprint density at radius 3 is 3.16 bits per heavy atom. The van der Waals surface area contributed by atoms with Crippen LogP contribution < -0.4 is 16.0 Å². The minimum absolute atomic E-state index is 0.0404. The van der Waals surface area contributed by atoms with E-state index in [2.05, 4.69) is 15.2 Å². The van der Waals surface area contributed by atoms with E-state index in [1.165, 1.54) is 0 Å². The van der Waals surface area contributed by atoms with Crippen LogP contribution in [0.3, 0.4) is 0 Å². The first-order chi connectivity index (χ1) is 9.20. The summed E-state index contributed by atoms with van der Waals surface area (Å²) in [4.78, 5) is 18.2. The van der Waals surface area contributed by atoms with E-state index in [1.807, 2.05) is 12.1 Å². The molecule has 6 heteroatoms. The van der Waals surface area contributed by atoms with Crippen molar-refractivity contribution in [3.63, 3.8) is 0 Å². The second-order valence-corrected chi connectivity index (χ2v) is 4.97. The van der Waals surface area contributed by atoms with Crippen LogP contribution in [0.5, 0.6) is 0 Å². The number of pyridine rings is 1. The number of nitriles is 1. The van der Waals surface area contributed by atoms with Gasteiger partial charge in [-0.05, 0) is 25.0 Å². The first kappa shape index (κ1) is 11.8. The molecule has 2 saturated heterocycles. The number of hydrogen-bond donors (Lipinski definition) is 2. The zero-order valence-corrected chi connectivity index (χ0v) is 10.5. The second-order valence-electron chi connectivity index (χ2n) is 4.97. The Kier molecular flexibility index (Phi) is 2.75. The average molecular weight is 257 g/mol. The largest absolute Gasteiger partial charge is 0.396 e. The van der Waals surface area contributed by atoms with Gasteiger partial charge in [0, 0.05) is 13.1 Å². The molecule has 1 aromatic heterocycles. The molecule has 19 heavy (non-hydrogen) atoms. The predicted molar refractivity (Wildman–Crippen MR) is 70.2 cm³/mol. The van der Waals surface area contributed by atoms with Crippen LogP contribution in [0.25, 0.3) is 0 Å². The first-order valence-electron chi connectivity index (χ1n) is 6.41. The molecule has 98 valence electrons. The zero-order valence-electron chi connectivity index (χ0n) is 10.5. The molecule has 2 aliphatic rings. The lowest BCUT2D eigenvalue weighted by atomic mass is 9.91. The van der Waals surface area contributed by atoms with Crippen molar-refractivity contribution < 1.29 is 4.79 Å². The maximum Gasteiger partial charge on any atom is 0.225 e. The maximum atomic E-state index is 11.7. The fourth-order valence-corrected chi connectivity index (χ4v) is 2.95. The number of fused-ring (bicyclic) bond motifs is 1. The van der Waals surface area contributed by atoms with E-state index < -0.39 is 0 Å². The Bertz CT molecular complexity index is 565. The van der Waals surface area contributed by atoms with Gasteiger partial charge in [0.2, 0.25) is 5.91 Å². The van der Waals surface area contributed by atoms with Crippen LogP contribution in [0.1, 0.15) is 18.5 Å². The summed E-state index contributed by atoms with van der Waals surface area (Å²) in [6.07, 6.45) is 1.88. The number of anilines is 2. The Labute approximate surface area is 111 Å². The van der Waals surface area contributed by atoms with E-state index in [0.29, 0.717) is 12.2 Å². The Hall–Kier alpha value is -2.29. The number of aromatic nitrogens is 1. The molecular formula is C13H15N5O. The molecular weight excluding hydrogens is 242 g/mol. The number of rotatable bonds is 1. The van der Waals surface area contributed by atoms with Crippen LogP contribution >= 0.6 is 0 Å². The van der Waals surface area contributed by atoms with Gasteiger partial charge in [0.25, 0.3) is 0 Å². The second kappa shape index (κ2) is 4.43. The van der Waals surface area contributed by atoms with E-state index in [0.717, 1.165) is 25.2 Å². The maximum absolute atomic E-state index is 11.7. The first-order valence-corrected chi connectivity index (χ1v) is 6.41. The Balaban J connectivity index is 1.93. The van der Waals surface area contributed by atoms with E-state index in [1.54, 1.807) is 6.07 Å². The molecule has 0 aromatic carbocycles. The standard InChI is InChI=1S/C13H15N5O/c14-6-10-9(15)3-4-12(17-10)18-5-1-2-8-11(18)7-16-13(8)19/h3-4,8,11H,1-2,5,7,15H2,(H,16,19). The van der Waals surface area contributed by atoms with Crippen LogP contribution in [0.4, 0.5) is 11.5 Å². The number of piperidine rings is 1. The number of nitrogens with zero attached hydrogens (tertiary/aromatic N) is 3. The smallest absolute Gasteiger partial charge is 0.225 e. The van der Waals surface area contributed by atoms with Gasteiger partial charge in [-0.25, -0.2) is 4.98 Å². The van der Waals surface area contributed by atoms with Gasteiger partial charge in [-0.3, -0.25) is 4.79 Å². The highest BCUT2D eigenvalue weighted by Gasteiger charge is 2.41. The lowest BCUT2D eigenvalue weighted by Crippen LogP contribution is -2.46. The molecule has 2 atom stereocenters. The summed E-state index contributed by atoms with van der Waals surface area (Å²) in [5.41, 5.74) is 6.32. The van der Waals surface area contributed by atoms with Crippen LogP contribution in [0.2, 0.25) is 0 Å². The molecule has 2 aliphatic heterocycles.